The van der Waals surface area contributed by atoms with Crippen LogP contribution in [0, 0.1) is 6.92 Å². The molecule has 1 N–H and O–H groups in total. The second kappa shape index (κ2) is 5.69. The average Bonchev–Trinajstić information content (AvgIpc) is 3.07. The van der Waals surface area contributed by atoms with Gasteiger partial charge >= 0.3 is 6.18 Å². The molecule has 0 radical (unpaired) electrons. The van der Waals surface area contributed by atoms with E-state index in [2.05, 4.69) is 15.2 Å². The van der Waals surface area contributed by atoms with Gasteiger partial charge in [-0.15, -0.1) is 0 Å². The van der Waals surface area contributed by atoms with Crippen molar-refractivity contribution >= 4 is 21.8 Å². The molecule has 4 rings (SSSR count). The van der Waals surface area contributed by atoms with E-state index in [9.17, 15) is 18.0 Å². The highest BCUT2D eigenvalue weighted by atomic mass is 19.4. The number of aromatic amines is 1. The first-order valence-corrected chi connectivity index (χ1v) is 7.84. The molecule has 0 aliphatic rings. The Morgan fingerprint density at radius 1 is 1.15 bits per heavy atom. The Bertz CT molecular complexity index is 1190. The van der Waals surface area contributed by atoms with Crippen LogP contribution in [0.1, 0.15) is 5.69 Å². The predicted molar refractivity (Wildman–Crippen MR) is 91.9 cm³/mol. The van der Waals surface area contributed by atoms with Gasteiger partial charge in [0.1, 0.15) is 6.54 Å². The third-order valence-corrected chi connectivity index (χ3v) is 4.19. The van der Waals surface area contributed by atoms with Crippen LogP contribution in [0.5, 0.6) is 0 Å². The summed E-state index contributed by atoms with van der Waals surface area (Å²) >= 11 is 0. The number of hydrogen-bond acceptors (Lipinski definition) is 3. The molecule has 1 aromatic carbocycles. The maximum absolute atomic E-state index is 13.1. The first-order valence-electron chi connectivity index (χ1n) is 7.84. The van der Waals surface area contributed by atoms with Gasteiger partial charge in [-0.3, -0.25) is 19.4 Å². The van der Waals surface area contributed by atoms with Crippen LogP contribution in [-0.2, 0) is 6.54 Å². The first-order chi connectivity index (χ1) is 12.3. The highest BCUT2D eigenvalue weighted by Crippen LogP contribution is 2.28. The summed E-state index contributed by atoms with van der Waals surface area (Å²) in [5.41, 5.74) is 1.93. The zero-order chi connectivity index (χ0) is 18.5. The molecule has 0 saturated heterocycles. The van der Waals surface area contributed by atoms with E-state index in [1.165, 1.54) is 6.20 Å². The van der Waals surface area contributed by atoms with Crippen molar-refractivity contribution in [2.24, 2.45) is 0 Å². The predicted octanol–water partition coefficient (Wildman–Crippen LogP) is 3.81. The van der Waals surface area contributed by atoms with Crippen molar-refractivity contribution in [2.75, 3.05) is 0 Å². The largest absolute Gasteiger partial charge is 0.406 e. The van der Waals surface area contributed by atoms with E-state index in [0.29, 0.717) is 22.2 Å². The number of rotatable bonds is 2. The van der Waals surface area contributed by atoms with Gasteiger partial charge < -0.3 is 0 Å². The van der Waals surface area contributed by atoms with Gasteiger partial charge in [0.25, 0.3) is 5.56 Å². The van der Waals surface area contributed by atoms with Crippen LogP contribution in [-0.4, -0.2) is 25.9 Å². The third kappa shape index (κ3) is 2.73. The van der Waals surface area contributed by atoms with Gasteiger partial charge in [-0.05, 0) is 25.1 Å². The van der Waals surface area contributed by atoms with Gasteiger partial charge in [0.2, 0.25) is 0 Å². The molecule has 26 heavy (non-hydrogen) atoms. The lowest BCUT2D eigenvalue weighted by molar-refractivity contribution is -0.140. The molecular weight excluding hydrogens is 345 g/mol. The molecule has 8 heteroatoms. The molecule has 3 heterocycles. The van der Waals surface area contributed by atoms with E-state index in [1.807, 2.05) is 19.1 Å². The van der Waals surface area contributed by atoms with Crippen molar-refractivity contribution in [3.63, 3.8) is 0 Å². The van der Waals surface area contributed by atoms with E-state index >= 15 is 0 Å². The van der Waals surface area contributed by atoms with Crippen LogP contribution in [0.3, 0.4) is 0 Å². The second-order valence-corrected chi connectivity index (χ2v) is 6.06. The van der Waals surface area contributed by atoms with Gasteiger partial charge in [0, 0.05) is 16.6 Å². The summed E-state index contributed by atoms with van der Waals surface area (Å²) < 4.78 is 39.9. The standard InChI is InChI=1S/C18H13F3N4O/c1-10-3-2-4-14(23-10)11-5-6-12-15(7-11)25(9-18(19,20)21)17(26)13-8-22-24-16(12)13/h2-8H,9H2,1H3,(H,22,24). The summed E-state index contributed by atoms with van der Waals surface area (Å²) in [5.74, 6) is 0. The van der Waals surface area contributed by atoms with E-state index < -0.39 is 18.3 Å². The van der Waals surface area contributed by atoms with Crippen LogP contribution >= 0.6 is 0 Å². The number of hydrogen-bond donors (Lipinski definition) is 1. The SMILES string of the molecule is Cc1cccc(-c2ccc3c4[nH]ncc4c(=O)n(CC(F)(F)F)c3c2)n1. The number of benzene rings is 1. The number of H-pyrrole nitrogens is 1. The topological polar surface area (TPSA) is 63.6 Å². The fraction of sp³-hybridized carbons (Fsp3) is 0.167. The lowest BCUT2D eigenvalue weighted by atomic mass is 10.1. The minimum atomic E-state index is -4.52. The van der Waals surface area contributed by atoms with Gasteiger partial charge in [0.15, 0.2) is 0 Å². The maximum Gasteiger partial charge on any atom is 0.406 e. The van der Waals surface area contributed by atoms with E-state index in [1.54, 1.807) is 24.3 Å². The van der Waals surface area contributed by atoms with Crippen LogP contribution < -0.4 is 5.56 Å². The van der Waals surface area contributed by atoms with Crippen molar-refractivity contribution in [2.45, 2.75) is 19.6 Å². The molecule has 0 unspecified atom stereocenters. The molecule has 0 saturated carbocycles. The molecular formula is C18H13F3N4O. The van der Waals surface area contributed by atoms with Crippen LogP contribution in [0.25, 0.3) is 33.1 Å². The quantitative estimate of drug-likeness (QED) is 0.593. The molecule has 0 aliphatic heterocycles. The monoisotopic (exact) mass is 358 g/mol. The van der Waals surface area contributed by atoms with E-state index in [4.69, 9.17) is 0 Å². The first kappa shape index (κ1) is 16.3. The zero-order valence-electron chi connectivity index (χ0n) is 13.6. The lowest BCUT2D eigenvalue weighted by Crippen LogP contribution is -2.28. The van der Waals surface area contributed by atoms with Gasteiger partial charge in [-0.2, -0.15) is 18.3 Å². The molecule has 5 nitrogen and oxygen atoms in total. The summed E-state index contributed by atoms with van der Waals surface area (Å²) in [4.78, 5) is 17.0. The molecule has 0 bridgehead atoms. The minimum Gasteiger partial charge on any atom is -0.298 e. The van der Waals surface area contributed by atoms with E-state index in [-0.39, 0.29) is 10.9 Å². The third-order valence-electron chi connectivity index (χ3n) is 4.19. The van der Waals surface area contributed by atoms with Gasteiger partial charge in [-0.25, -0.2) is 0 Å². The van der Waals surface area contributed by atoms with Gasteiger partial charge in [-0.1, -0.05) is 18.2 Å². The number of pyridine rings is 2. The summed E-state index contributed by atoms with van der Waals surface area (Å²) in [7, 11) is 0. The van der Waals surface area contributed by atoms with Gasteiger partial charge in [0.05, 0.1) is 28.3 Å². The molecule has 0 atom stereocenters. The van der Waals surface area contributed by atoms with Crippen LogP contribution in [0.4, 0.5) is 13.2 Å². The average molecular weight is 358 g/mol. The molecule has 0 amide bonds. The van der Waals surface area contributed by atoms with Crippen molar-refractivity contribution in [1.29, 1.82) is 0 Å². The molecule has 3 aromatic heterocycles. The fourth-order valence-electron chi connectivity index (χ4n) is 3.07. The number of nitrogens with zero attached hydrogens (tertiary/aromatic N) is 3. The molecule has 132 valence electrons. The Morgan fingerprint density at radius 2 is 1.96 bits per heavy atom. The fourth-order valence-corrected chi connectivity index (χ4v) is 3.07. The normalized spacial score (nSPS) is 12.2. The Kier molecular flexibility index (Phi) is 3.57. The smallest absolute Gasteiger partial charge is 0.298 e. The van der Waals surface area contributed by atoms with E-state index in [0.717, 1.165) is 10.3 Å². The maximum atomic E-state index is 13.1. The minimum absolute atomic E-state index is 0.128. The number of halogens is 3. The number of fused-ring (bicyclic) bond motifs is 3. The Morgan fingerprint density at radius 3 is 2.69 bits per heavy atom. The van der Waals surface area contributed by atoms with Crippen molar-refractivity contribution in [3.8, 4) is 11.3 Å². The lowest BCUT2D eigenvalue weighted by Gasteiger charge is -2.14. The molecule has 0 fully saturated rings. The Hall–Kier alpha value is -3.16. The second-order valence-electron chi connectivity index (χ2n) is 6.06. The summed E-state index contributed by atoms with van der Waals surface area (Å²) in [6, 6.07) is 10.4. The molecule has 4 aromatic rings. The summed E-state index contributed by atoms with van der Waals surface area (Å²) in [6.45, 7) is 0.465. The number of aromatic nitrogens is 4. The number of aryl methyl sites for hydroxylation is 1. The number of nitrogens with one attached hydrogen (secondary N) is 1. The van der Waals surface area contributed by atoms with Crippen molar-refractivity contribution < 1.29 is 13.2 Å². The Balaban J connectivity index is 2.05. The molecule has 0 aliphatic carbocycles. The zero-order valence-corrected chi connectivity index (χ0v) is 13.6. The van der Waals surface area contributed by atoms with Crippen LogP contribution in [0.15, 0.2) is 47.4 Å². The van der Waals surface area contributed by atoms with Crippen molar-refractivity contribution in [1.82, 2.24) is 19.7 Å². The molecule has 0 spiro atoms. The summed E-state index contributed by atoms with van der Waals surface area (Å²) in [5, 5.41) is 7.14. The van der Waals surface area contributed by atoms with Crippen molar-refractivity contribution in [3.05, 3.63) is 58.6 Å². The highest BCUT2D eigenvalue weighted by molar-refractivity contribution is 6.04. The van der Waals surface area contributed by atoms with Crippen LogP contribution in [0.2, 0.25) is 0 Å². The Labute approximate surface area is 145 Å². The summed E-state index contributed by atoms with van der Waals surface area (Å²) in [6.07, 6.45) is -3.27. The number of alkyl halides is 3. The highest BCUT2D eigenvalue weighted by Gasteiger charge is 2.30.